The van der Waals surface area contributed by atoms with Crippen molar-refractivity contribution in [3.05, 3.63) is 35.6 Å². The second-order valence-corrected chi connectivity index (χ2v) is 7.22. The van der Waals surface area contributed by atoms with Crippen molar-refractivity contribution in [1.29, 1.82) is 0 Å². The third-order valence-electron chi connectivity index (χ3n) is 5.29. The Hall–Kier alpha value is -2.30. The SMILES string of the molecule is CCc1ccc2c(CC(=O)OCC(=O)N[C@@H]3CCCC[C@@H]3C)coc2c1. The third kappa shape index (κ3) is 4.45. The van der Waals surface area contributed by atoms with Gasteiger partial charge in [0.25, 0.3) is 5.91 Å². The van der Waals surface area contributed by atoms with Crippen LogP contribution < -0.4 is 5.32 Å². The molecule has 1 aliphatic carbocycles. The lowest BCUT2D eigenvalue weighted by molar-refractivity contribution is -0.148. The number of aryl methyl sites for hydroxylation is 1. The summed E-state index contributed by atoms with van der Waals surface area (Å²) < 4.78 is 10.7. The van der Waals surface area contributed by atoms with Gasteiger partial charge >= 0.3 is 5.97 Å². The van der Waals surface area contributed by atoms with Gasteiger partial charge in [-0.3, -0.25) is 9.59 Å². The number of rotatable bonds is 6. The van der Waals surface area contributed by atoms with Gasteiger partial charge in [0.15, 0.2) is 6.61 Å². The van der Waals surface area contributed by atoms with Crippen LogP contribution in [0.1, 0.15) is 50.7 Å². The quantitative estimate of drug-likeness (QED) is 0.799. The van der Waals surface area contributed by atoms with Gasteiger partial charge in [-0.25, -0.2) is 0 Å². The molecule has 3 rings (SSSR count). The van der Waals surface area contributed by atoms with Crippen molar-refractivity contribution in [2.24, 2.45) is 5.92 Å². The second-order valence-electron chi connectivity index (χ2n) is 7.22. The standard InChI is InChI=1S/C21H27NO4/c1-3-15-8-9-17-16(12-25-19(17)10-15)11-21(24)26-13-20(23)22-18-7-5-4-6-14(18)2/h8-10,12,14,18H,3-7,11,13H2,1-2H3,(H,22,23)/t14-,18+/m0/s1. The van der Waals surface area contributed by atoms with E-state index in [1.165, 1.54) is 12.0 Å². The largest absolute Gasteiger partial charge is 0.464 e. The molecule has 1 heterocycles. The number of hydrogen-bond acceptors (Lipinski definition) is 4. The number of esters is 1. The van der Waals surface area contributed by atoms with E-state index < -0.39 is 5.97 Å². The number of benzene rings is 1. The zero-order chi connectivity index (χ0) is 18.5. The Balaban J connectivity index is 1.50. The Morgan fingerprint density at radius 3 is 2.85 bits per heavy atom. The van der Waals surface area contributed by atoms with Crippen molar-refractivity contribution in [2.45, 2.75) is 58.4 Å². The minimum absolute atomic E-state index is 0.103. The molecule has 0 spiro atoms. The number of carbonyl (C=O) groups excluding carboxylic acids is 2. The number of hydrogen-bond donors (Lipinski definition) is 1. The summed E-state index contributed by atoms with van der Waals surface area (Å²) in [5.41, 5.74) is 2.75. The summed E-state index contributed by atoms with van der Waals surface area (Å²) in [7, 11) is 0. The molecule has 0 bridgehead atoms. The lowest BCUT2D eigenvalue weighted by Gasteiger charge is -2.29. The van der Waals surface area contributed by atoms with Gasteiger partial charge in [-0.15, -0.1) is 0 Å². The van der Waals surface area contributed by atoms with E-state index in [-0.39, 0.29) is 25.0 Å². The Labute approximate surface area is 154 Å². The van der Waals surface area contributed by atoms with E-state index in [0.717, 1.165) is 42.2 Å². The van der Waals surface area contributed by atoms with Crippen LogP contribution in [0.3, 0.4) is 0 Å². The first-order valence-electron chi connectivity index (χ1n) is 9.50. The summed E-state index contributed by atoms with van der Waals surface area (Å²) in [6, 6.07) is 6.19. The molecule has 2 aromatic rings. The highest BCUT2D eigenvalue weighted by Gasteiger charge is 2.23. The van der Waals surface area contributed by atoms with Gasteiger partial charge in [-0.2, -0.15) is 0 Å². The number of carbonyl (C=O) groups is 2. The lowest BCUT2D eigenvalue weighted by atomic mass is 9.86. The van der Waals surface area contributed by atoms with Gasteiger partial charge in [0, 0.05) is 17.0 Å². The molecule has 140 valence electrons. The summed E-state index contributed by atoms with van der Waals surface area (Å²) in [6.45, 7) is 4.02. The number of nitrogens with one attached hydrogen (secondary N) is 1. The van der Waals surface area contributed by atoms with Crippen LogP contribution in [0.4, 0.5) is 0 Å². The first-order chi connectivity index (χ1) is 12.6. The fraction of sp³-hybridized carbons (Fsp3) is 0.524. The highest BCUT2D eigenvalue weighted by Crippen LogP contribution is 2.24. The minimum Gasteiger partial charge on any atom is -0.464 e. The van der Waals surface area contributed by atoms with E-state index in [0.29, 0.717) is 5.92 Å². The molecule has 1 aliphatic rings. The van der Waals surface area contributed by atoms with Crippen LogP contribution in [0.15, 0.2) is 28.9 Å². The normalized spacial score (nSPS) is 20.1. The second kappa shape index (κ2) is 8.39. The van der Waals surface area contributed by atoms with E-state index in [9.17, 15) is 9.59 Å². The van der Waals surface area contributed by atoms with Gasteiger partial charge in [0.2, 0.25) is 0 Å². The van der Waals surface area contributed by atoms with Crippen LogP contribution in [0.2, 0.25) is 0 Å². The molecule has 0 radical (unpaired) electrons. The van der Waals surface area contributed by atoms with Crippen molar-refractivity contribution < 1.29 is 18.7 Å². The average molecular weight is 357 g/mol. The molecule has 0 saturated heterocycles. The molecule has 1 N–H and O–H groups in total. The van der Waals surface area contributed by atoms with Gasteiger partial charge in [-0.05, 0) is 36.8 Å². The van der Waals surface area contributed by atoms with E-state index in [1.54, 1.807) is 6.26 Å². The van der Waals surface area contributed by atoms with E-state index >= 15 is 0 Å². The Bertz CT molecular complexity index is 779. The van der Waals surface area contributed by atoms with Crippen LogP contribution in [0.5, 0.6) is 0 Å². The van der Waals surface area contributed by atoms with Crippen LogP contribution in [0.25, 0.3) is 11.0 Å². The summed E-state index contributed by atoms with van der Waals surface area (Å²) >= 11 is 0. The molecule has 26 heavy (non-hydrogen) atoms. The number of furan rings is 1. The summed E-state index contributed by atoms with van der Waals surface area (Å²) in [5.74, 6) is -0.158. The van der Waals surface area contributed by atoms with E-state index in [1.807, 2.05) is 18.2 Å². The maximum Gasteiger partial charge on any atom is 0.310 e. The van der Waals surface area contributed by atoms with Gasteiger partial charge < -0.3 is 14.5 Å². The maximum absolute atomic E-state index is 12.1. The van der Waals surface area contributed by atoms with E-state index in [2.05, 4.69) is 19.2 Å². The zero-order valence-electron chi connectivity index (χ0n) is 15.5. The van der Waals surface area contributed by atoms with Crippen LogP contribution in [-0.2, 0) is 27.2 Å². The van der Waals surface area contributed by atoms with Gasteiger partial charge in [0.1, 0.15) is 5.58 Å². The molecule has 1 saturated carbocycles. The molecular formula is C21H27NO4. The molecule has 2 atom stereocenters. The predicted molar refractivity (Wildman–Crippen MR) is 99.8 cm³/mol. The third-order valence-corrected chi connectivity index (χ3v) is 5.29. The first kappa shape index (κ1) is 18.5. The smallest absolute Gasteiger partial charge is 0.310 e. The topological polar surface area (TPSA) is 68.5 Å². The first-order valence-corrected chi connectivity index (χ1v) is 9.50. The minimum atomic E-state index is -0.417. The molecule has 1 fully saturated rings. The number of ether oxygens (including phenoxy) is 1. The van der Waals surface area contributed by atoms with Crippen molar-refractivity contribution in [3.8, 4) is 0 Å². The zero-order valence-corrected chi connectivity index (χ0v) is 15.5. The molecule has 1 aromatic heterocycles. The Kier molecular flexibility index (Phi) is 5.96. The van der Waals surface area contributed by atoms with Gasteiger partial charge in [-0.1, -0.05) is 38.8 Å². The highest BCUT2D eigenvalue weighted by atomic mass is 16.5. The summed E-state index contributed by atoms with van der Waals surface area (Å²) in [4.78, 5) is 24.1. The predicted octanol–water partition coefficient (Wildman–Crippen LogP) is 3.78. The maximum atomic E-state index is 12.1. The number of amides is 1. The van der Waals surface area contributed by atoms with Crippen molar-refractivity contribution in [1.82, 2.24) is 5.32 Å². The Morgan fingerprint density at radius 1 is 1.27 bits per heavy atom. The molecule has 1 aromatic carbocycles. The molecule has 5 heteroatoms. The molecule has 0 aliphatic heterocycles. The molecule has 5 nitrogen and oxygen atoms in total. The molecule has 1 amide bonds. The summed E-state index contributed by atoms with van der Waals surface area (Å²) in [6.07, 6.45) is 7.13. The van der Waals surface area contributed by atoms with E-state index in [4.69, 9.17) is 9.15 Å². The van der Waals surface area contributed by atoms with Crippen LogP contribution in [0, 0.1) is 5.92 Å². The molecule has 0 unspecified atom stereocenters. The monoisotopic (exact) mass is 357 g/mol. The Morgan fingerprint density at radius 2 is 2.08 bits per heavy atom. The fourth-order valence-electron chi connectivity index (χ4n) is 3.62. The van der Waals surface area contributed by atoms with Crippen molar-refractivity contribution in [2.75, 3.05) is 6.61 Å². The van der Waals surface area contributed by atoms with Crippen LogP contribution in [-0.4, -0.2) is 24.5 Å². The van der Waals surface area contributed by atoms with Crippen molar-refractivity contribution >= 4 is 22.8 Å². The van der Waals surface area contributed by atoms with Crippen LogP contribution >= 0.6 is 0 Å². The summed E-state index contributed by atoms with van der Waals surface area (Å²) in [5, 5.41) is 3.91. The van der Waals surface area contributed by atoms with Gasteiger partial charge in [0.05, 0.1) is 12.7 Å². The average Bonchev–Trinajstić information content (AvgIpc) is 3.04. The van der Waals surface area contributed by atoms with Crippen molar-refractivity contribution in [3.63, 3.8) is 0 Å². The lowest BCUT2D eigenvalue weighted by Crippen LogP contribution is -2.42. The number of fused-ring (bicyclic) bond motifs is 1. The fourth-order valence-corrected chi connectivity index (χ4v) is 3.62. The highest BCUT2D eigenvalue weighted by molar-refractivity contribution is 5.87. The molecular weight excluding hydrogens is 330 g/mol.